The van der Waals surface area contributed by atoms with Gasteiger partial charge in [-0.2, -0.15) is 0 Å². The Morgan fingerprint density at radius 2 is 2.12 bits per heavy atom. The number of aromatic nitrogens is 3. The average molecular weight is 246 g/mol. The van der Waals surface area contributed by atoms with Gasteiger partial charge in [-0.3, -0.25) is 4.98 Å². The molecule has 2 N–H and O–H groups in total. The van der Waals surface area contributed by atoms with Gasteiger partial charge < -0.3 is 5.73 Å². The summed E-state index contributed by atoms with van der Waals surface area (Å²) in [4.78, 5) is 13.3. The molecule has 4 nitrogen and oxygen atoms in total. The zero-order chi connectivity index (χ0) is 11.8. The summed E-state index contributed by atoms with van der Waals surface area (Å²) in [5.41, 5.74) is 8.12. The number of thiazole rings is 1. The van der Waals surface area contributed by atoms with Gasteiger partial charge in [-0.05, 0) is 18.2 Å². The summed E-state index contributed by atoms with van der Waals surface area (Å²) in [6.45, 7) is 0. The summed E-state index contributed by atoms with van der Waals surface area (Å²) in [5, 5.41) is 0.526. The highest BCUT2D eigenvalue weighted by Crippen LogP contribution is 2.25. The fourth-order valence-corrected chi connectivity index (χ4v) is 2.11. The van der Waals surface area contributed by atoms with Crippen molar-refractivity contribution in [3.8, 4) is 10.7 Å². The van der Waals surface area contributed by atoms with Crippen molar-refractivity contribution in [1.82, 2.24) is 15.0 Å². The Labute approximate surface area is 100.0 Å². The minimum absolute atomic E-state index is 0.276. The molecular formula is C11H7FN4S. The molecule has 0 radical (unpaired) electrons. The number of benzene rings is 1. The average Bonchev–Trinajstić information content (AvgIpc) is 2.83. The first-order valence-electron chi connectivity index (χ1n) is 4.86. The Balaban J connectivity index is 2.28. The van der Waals surface area contributed by atoms with Crippen molar-refractivity contribution in [1.29, 1.82) is 0 Å². The Kier molecular flexibility index (Phi) is 2.22. The van der Waals surface area contributed by atoms with Crippen molar-refractivity contribution in [3.63, 3.8) is 0 Å². The molecule has 0 atom stereocenters. The minimum Gasteiger partial charge on any atom is -0.383 e. The predicted octanol–water partition coefficient (Wildman–Crippen LogP) is 2.47. The van der Waals surface area contributed by atoms with Gasteiger partial charge in [-0.15, -0.1) is 11.3 Å². The highest BCUT2D eigenvalue weighted by Gasteiger charge is 2.09. The fourth-order valence-electron chi connectivity index (χ4n) is 1.56. The molecule has 17 heavy (non-hydrogen) atoms. The van der Waals surface area contributed by atoms with E-state index in [0.29, 0.717) is 16.7 Å². The van der Waals surface area contributed by atoms with E-state index in [1.54, 1.807) is 17.8 Å². The minimum atomic E-state index is -0.349. The van der Waals surface area contributed by atoms with Gasteiger partial charge in [0.2, 0.25) is 0 Å². The third-order valence-electron chi connectivity index (χ3n) is 2.34. The van der Waals surface area contributed by atoms with Crippen LogP contribution in [-0.4, -0.2) is 15.0 Å². The summed E-state index contributed by atoms with van der Waals surface area (Å²) in [6, 6.07) is 4.28. The van der Waals surface area contributed by atoms with Crippen molar-refractivity contribution >= 4 is 28.1 Å². The number of nitrogen functional groups attached to an aromatic ring is 1. The van der Waals surface area contributed by atoms with Crippen molar-refractivity contribution in [3.05, 3.63) is 35.7 Å². The second-order valence-corrected chi connectivity index (χ2v) is 4.35. The molecule has 2 aromatic heterocycles. The van der Waals surface area contributed by atoms with E-state index in [2.05, 4.69) is 15.0 Å². The number of halogens is 1. The Morgan fingerprint density at radius 1 is 1.24 bits per heavy atom. The number of anilines is 1. The molecule has 2 heterocycles. The van der Waals surface area contributed by atoms with Crippen LogP contribution in [0.4, 0.5) is 10.2 Å². The van der Waals surface area contributed by atoms with Crippen molar-refractivity contribution < 1.29 is 4.39 Å². The molecule has 3 aromatic rings. The fraction of sp³-hybridized carbons (Fsp3) is 0. The molecule has 3 rings (SSSR count). The summed E-state index contributed by atoms with van der Waals surface area (Å²) in [7, 11) is 0. The lowest BCUT2D eigenvalue weighted by Gasteiger charge is -2.03. The van der Waals surface area contributed by atoms with E-state index in [1.807, 2.05) is 0 Å². The van der Waals surface area contributed by atoms with E-state index in [0.717, 1.165) is 4.88 Å². The number of fused-ring (bicyclic) bond motifs is 1. The highest BCUT2D eigenvalue weighted by atomic mass is 32.1. The third-order valence-corrected chi connectivity index (χ3v) is 3.11. The molecule has 0 amide bonds. The second-order valence-electron chi connectivity index (χ2n) is 3.46. The van der Waals surface area contributed by atoms with Crippen LogP contribution in [0.5, 0.6) is 0 Å². The third kappa shape index (κ3) is 1.72. The van der Waals surface area contributed by atoms with Gasteiger partial charge in [0.05, 0.1) is 15.9 Å². The van der Waals surface area contributed by atoms with Gasteiger partial charge in [0.15, 0.2) is 5.82 Å². The zero-order valence-electron chi connectivity index (χ0n) is 8.59. The van der Waals surface area contributed by atoms with Crippen LogP contribution in [-0.2, 0) is 0 Å². The first kappa shape index (κ1) is 10.1. The molecule has 0 unspecified atom stereocenters. The molecule has 0 saturated heterocycles. The molecule has 0 aliphatic heterocycles. The molecular weight excluding hydrogens is 239 g/mol. The van der Waals surface area contributed by atoms with Gasteiger partial charge in [0.25, 0.3) is 0 Å². The number of hydrogen-bond donors (Lipinski definition) is 1. The topological polar surface area (TPSA) is 64.7 Å². The molecule has 0 aliphatic carbocycles. The monoisotopic (exact) mass is 246 g/mol. The lowest BCUT2D eigenvalue weighted by atomic mass is 10.2. The first-order valence-corrected chi connectivity index (χ1v) is 5.73. The van der Waals surface area contributed by atoms with Crippen molar-refractivity contribution in [2.45, 2.75) is 0 Å². The standard InChI is InChI=1S/C11H7FN4S/c12-6-1-2-8-7(3-6)10(13)16-11(15-8)9-4-14-5-17-9/h1-5H,(H2,13,15,16). The van der Waals surface area contributed by atoms with Gasteiger partial charge >= 0.3 is 0 Å². The molecule has 0 spiro atoms. The normalized spacial score (nSPS) is 10.9. The molecule has 1 aromatic carbocycles. The van der Waals surface area contributed by atoms with Crippen LogP contribution >= 0.6 is 11.3 Å². The molecule has 6 heteroatoms. The molecule has 84 valence electrons. The van der Waals surface area contributed by atoms with Crippen molar-refractivity contribution in [2.24, 2.45) is 0 Å². The maximum Gasteiger partial charge on any atom is 0.173 e. The Bertz CT molecular complexity index is 681. The number of nitrogens with two attached hydrogens (primary N) is 1. The van der Waals surface area contributed by atoms with E-state index < -0.39 is 0 Å². The van der Waals surface area contributed by atoms with Crippen LogP contribution < -0.4 is 5.73 Å². The molecule has 0 fully saturated rings. The smallest absolute Gasteiger partial charge is 0.173 e. The van der Waals surface area contributed by atoms with Crippen LogP contribution in [0.2, 0.25) is 0 Å². The Hall–Kier alpha value is -2.08. The van der Waals surface area contributed by atoms with E-state index >= 15 is 0 Å². The van der Waals surface area contributed by atoms with Gasteiger partial charge in [-0.25, -0.2) is 14.4 Å². The predicted molar refractivity (Wildman–Crippen MR) is 65.0 cm³/mol. The van der Waals surface area contributed by atoms with Gasteiger partial charge in [0, 0.05) is 11.6 Å². The molecule has 0 aliphatic rings. The first-order chi connectivity index (χ1) is 8.24. The zero-order valence-corrected chi connectivity index (χ0v) is 9.41. The van der Waals surface area contributed by atoms with E-state index in [1.165, 1.54) is 23.5 Å². The highest BCUT2D eigenvalue weighted by molar-refractivity contribution is 7.13. The van der Waals surface area contributed by atoms with Crippen LogP contribution in [0, 0.1) is 5.82 Å². The SMILES string of the molecule is Nc1nc(-c2cncs2)nc2ccc(F)cc12. The summed E-state index contributed by atoms with van der Waals surface area (Å²) >= 11 is 1.43. The Morgan fingerprint density at radius 3 is 2.88 bits per heavy atom. The lowest BCUT2D eigenvalue weighted by Crippen LogP contribution is -1.97. The van der Waals surface area contributed by atoms with Gasteiger partial charge in [-0.1, -0.05) is 0 Å². The van der Waals surface area contributed by atoms with Gasteiger partial charge in [0.1, 0.15) is 11.6 Å². The lowest BCUT2D eigenvalue weighted by molar-refractivity contribution is 0.629. The molecule has 0 saturated carbocycles. The number of hydrogen-bond acceptors (Lipinski definition) is 5. The van der Waals surface area contributed by atoms with Crippen molar-refractivity contribution in [2.75, 3.05) is 5.73 Å². The largest absolute Gasteiger partial charge is 0.383 e. The van der Waals surface area contributed by atoms with Crippen LogP contribution in [0.3, 0.4) is 0 Å². The van der Waals surface area contributed by atoms with E-state index in [9.17, 15) is 4.39 Å². The molecule has 0 bridgehead atoms. The summed E-state index contributed by atoms with van der Waals surface area (Å²) in [5.74, 6) is 0.445. The van der Waals surface area contributed by atoms with E-state index in [4.69, 9.17) is 5.73 Å². The second kappa shape index (κ2) is 3.74. The maximum atomic E-state index is 13.1. The summed E-state index contributed by atoms with van der Waals surface area (Å²) in [6.07, 6.45) is 1.68. The van der Waals surface area contributed by atoms with E-state index in [-0.39, 0.29) is 11.6 Å². The summed E-state index contributed by atoms with van der Waals surface area (Å²) < 4.78 is 13.1. The van der Waals surface area contributed by atoms with Crippen LogP contribution in [0.25, 0.3) is 21.6 Å². The number of rotatable bonds is 1. The van der Waals surface area contributed by atoms with Crippen LogP contribution in [0.1, 0.15) is 0 Å². The maximum absolute atomic E-state index is 13.1. The number of nitrogens with zero attached hydrogens (tertiary/aromatic N) is 3. The quantitative estimate of drug-likeness (QED) is 0.716. The van der Waals surface area contributed by atoms with Crippen LogP contribution in [0.15, 0.2) is 29.9 Å².